The Hall–Kier alpha value is -0.770. The van der Waals surface area contributed by atoms with E-state index in [1.807, 2.05) is 25.1 Å². The Labute approximate surface area is 107 Å². The van der Waals surface area contributed by atoms with E-state index < -0.39 is 0 Å². The van der Waals surface area contributed by atoms with Gasteiger partial charge in [0.15, 0.2) is 0 Å². The van der Waals surface area contributed by atoms with Crippen LogP contribution in [0.3, 0.4) is 0 Å². The van der Waals surface area contributed by atoms with Gasteiger partial charge in [-0.25, -0.2) is 0 Å². The summed E-state index contributed by atoms with van der Waals surface area (Å²) in [6, 6.07) is 5.73. The molecule has 0 saturated carbocycles. The zero-order chi connectivity index (χ0) is 12.3. The van der Waals surface area contributed by atoms with Crippen LogP contribution in [0.5, 0.6) is 5.75 Å². The fraction of sp³-hybridized carbons (Fsp3) is 0.538. The smallest absolute Gasteiger partial charge is 0.138 e. The van der Waals surface area contributed by atoms with Crippen molar-refractivity contribution in [3.63, 3.8) is 0 Å². The number of benzene rings is 1. The molecule has 1 aromatic carbocycles. The Morgan fingerprint density at radius 1 is 1.41 bits per heavy atom. The van der Waals surface area contributed by atoms with Gasteiger partial charge in [0.2, 0.25) is 0 Å². The van der Waals surface area contributed by atoms with Gasteiger partial charge in [-0.15, -0.1) is 0 Å². The first-order chi connectivity index (χ1) is 8.16. The van der Waals surface area contributed by atoms with Gasteiger partial charge in [0.05, 0.1) is 18.2 Å². The Morgan fingerprint density at radius 3 is 2.71 bits per heavy atom. The molecular formula is C13H18ClNO2. The van der Waals surface area contributed by atoms with E-state index in [1.54, 1.807) is 0 Å². The lowest BCUT2D eigenvalue weighted by atomic mass is 10.1. The molecule has 17 heavy (non-hydrogen) atoms. The van der Waals surface area contributed by atoms with Crippen molar-refractivity contribution in [2.45, 2.75) is 31.9 Å². The van der Waals surface area contributed by atoms with Crippen molar-refractivity contribution in [3.05, 3.63) is 28.8 Å². The highest BCUT2D eigenvalue weighted by molar-refractivity contribution is 6.32. The first-order valence-corrected chi connectivity index (χ1v) is 6.34. The lowest BCUT2D eigenvalue weighted by Gasteiger charge is -2.24. The van der Waals surface area contributed by atoms with Crippen LogP contribution >= 0.6 is 11.6 Å². The fourth-order valence-corrected chi connectivity index (χ4v) is 2.10. The predicted octanol–water partition coefficient (Wildman–Crippen LogP) is 2.92. The van der Waals surface area contributed by atoms with E-state index in [9.17, 15) is 0 Å². The molecule has 1 atom stereocenters. The number of ether oxygens (including phenoxy) is 2. The molecule has 1 fully saturated rings. The van der Waals surface area contributed by atoms with E-state index in [4.69, 9.17) is 26.8 Å². The number of hydrogen-bond acceptors (Lipinski definition) is 3. The molecule has 0 aliphatic carbocycles. The molecule has 1 aliphatic heterocycles. The third-order valence-corrected chi connectivity index (χ3v) is 3.24. The second-order valence-electron chi connectivity index (χ2n) is 4.41. The van der Waals surface area contributed by atoms with Gasteiger partial charge in [-0.1, -0.05) is 17.7 Å². The van der Waals surface area contributed by atoms with Crippen LogP contribution in [-0.2, 0) is 4.74 Å². The molecule has 2 rings (SSSR count). The van der Waals surface area contributed by atoms with Crippen LogP contribution in [0.15, 0.2) is 18.2 Å². The first kappa shape index (κ1) is 12.7. The maximum absolute atomic E-state index is 6.18. The molecule has 0 aromatic heterocycles. The van der Waals surface area contributed by atoms with E-state index in [1.165, 1.54) is 0 Å². The Kier molecular flexibility index (Phi) is 4.26. The van der Waals surface area contributed by atoms with Crippen LogP contribution in [0.1, 0.15) is 31.4 Å². The average Bonchev–Trinajstić information content (AvgIpc) is 2.33. The average molecular weight is 256 g/mol. The normalized spacial score (nSPS) is 19.0. The van der Waals surface area contributed by atoms with E-state index in [2.05, 4.69) is 0 Å². The zero-order valence-electron chi connectivity index (χ0n) is 9.99. The summed E-state index contributed by atoms with van der Waals surface area (Å²) in [4.78, 5) is 0. The van der Waals surface area contributed by atoms with E-state index in [-0.39, 0.29) is 12.1 Å². The minimum atomic E-state index is -0.00960. The summed E-state index contributed by atoms with van der Waals surface area (Å²) in [7, 11) is 0. The number of halogens is 1. The van der Waals surface area contributed by atoms with Crippen LogP contribution in [0.25, 0.3) is 0 Å². The van der Waals surface area contributed by atoms with E-state index >= 15 is 0 Å². The second kappa shape index (κ2) is 5.71. The van der Waals surface area contributed by atoms with Crippen molar-refractivity contribution in [1.82, 2.24) is 0 Å². The number of rotatable bonds is 3. The van der Waals surface area contributed by atoms with Crippen LogP contribution in [0, 0.1) is 0 Å². The summed E-state index contributed by atoms with van der Waals surface area (Å²) < 4.78 is 11.2. The van der Waals surface area contributed by atoms with Gasteiger partial charge in [0.25, 0.3) is 0 Å². The van der Waals surface area contributed by atoms with Crippen LogP contribution in [0.4, 0.5) is 0 Å². The van der Waals surface area contributed by atoms with Gasteiger partial charge in [-0.3, -0.25) is 0 Å². The van der Waals surface area contributed by atoms with Gasteiger partial charge >= 0.3 is 0 Å². The Balaban J connectivity index is 2.05. The maximum Gasteiger partial charge on any atom is 0.138 e. The number of hydrogen-bond donors (Lipinski definition) is 1. The SMILES string of the molecule is C[C@H](N)c1ccc(OC2CCOCC2)c(Cl)c1. The van der Waals surface area contributed by atoms with Crippen molar-refractivity contribution in [2.75, 3.05) is 13.2 Å². The largest absolute Gasteiger partial charge is 0.489 e. The van der Waals surface area contributed by atoms with Crippen LogP contribution in [-0.4, -0.2) is 19.3 Å². The Morgan fingerprint density at radius 2 is 2.12 bits per heavy atom. The lowest BCUT2D eigenvalue weighted by molar-refractivity contribution is 0.0256. The molecule has 1 saturated heterocycles. The lowest BCUT2D eigenvalue weighted by Crippen LogP contribution is -2.26. The minimum Gasteiger partial charge on any atom is -0.489 e. The molecule has 0 spiro atoms. The van der Waals surface area contributed by atoms with Crippen molar-refractivity contribution >= 4 is 11.6 Å². The zero-order valence-corrected chi connectivity index (χ0v) is 10.7. The molecule has 1 aromatic rings. The third kappa shape index (κ3) is 3.35. The highest BCUT2D eigenvalue weighted by atomic mass is 35.5. The molecule has 94 valence electrons. The molecule has 1 heterocycles. The van der Waals surface area contributed by atoms with Gasteiger partial charge in [0.1, 0.15) is 11.9 Å². The van der Waals surface area contributed by atoms with E-state index in [0.717, 1.165) is 37.4 Å². The summed E-state index contributed by atoms with van der Waals surface area (Å²) in [6.07, 6.45) is 2.05. The van der Waals surface area contributed by atoms with E-state index in [0.29, 0.717) is 5.02 Å². The monoisotopic (exact) mass is 255 g/mol. The predicted molar refractivity (Wildman–Crippen MR) is 68.5 cm³/mol. The van der Waals surface area contributed by atoms with Gasteiger partial charge in [-0.05, 0) is 24.6 Å². The molecule has 0 amide bonds. The van der Waals surface area contributed by atoms with Crippen molar-refractivity contribution < 1.29 is 9.47 Å². The Bertz CT molecular complexity index is 376. The van der Waals surface area contributed by atoms with Gasteiger partial charge < -0.3 is 15.2 Å². The summed E-state index contributed by atoms with van der Waals surface area (Å²) in [5.41, 5.74) is 6.82. The topological polar surface area (TPSA) is 44.5 Å². The number of nitrogens with two attached hydrogens (primary N) is 1. The highest BCUT2D eigenvalue weighted by Crippen LogP contribution is 2.29. The van der Waals surface area contributed by atoms with Crippen LogP contribution in [0.2, 0.25) is 5.02 Å². The minimum absolute atomic E-state index is 0.00960. The highest BCUT2D eigenvalue weighted by Gasteiger charge is 2.16. The summed E-state index contributed by atoms with van der Waals surface area (Å²) in [5, 5.41) is 0.631. The maximum atomic E-state index is 6.18. The molecule has 0 bridgehead atoms. The summed E-state index contributed by atoms with van der Waals surface area (Å²) >= 11 is 6.18. The van der Waals surface area contributed by atoms with Crippen molar-refractivity contribution in [1.29, 1.82) is 0 Å². The second-order valence-corrected chi connectivity index (χ2v) is 4.82. The third-order valence-electron chi connectivity index (χ3n) is 2.94. The molecule has 2 N–H and O–H groups in total. The summed E-state index contributed by atoms with van der Waals surface area (Å²) in [6.45, 7) is 3.46. The standard InChI is InChI=1S/C13H18ClNO2/c1-9(15)10-2-3-13(12(14)8-10)17-11-4-6-16-7-5-11/h2-3,8-9,11H,4-7,15H2,1H3/t9-/m0/s1. The molecule has 0 radical (unpaired) electrons. The van der Waals surface area contributed by atoms with Gasteiger partial charge in [-0.2, -0.15) is 0 Å². The van der Waals surface area contributed by atoms with Crippen molar-refractivity contribution in [3.8, 4) is 5.75 Å². The molecule has 4 heteroatoms. The summed E-state index contributed by atoms with van der Waals surface area (Å²) in [5.74, 6) is 0.739. The quantitative estimate of drug-likeness (QED) is 0.903. The first-order valence-electron chi connectivity index (χ1n) is 5.96. The van der Waals surface area contributed by atoms with Crippen LogP contribution < -0.4 is 10.5 Å². The fourth-order valence-electron chi connectivity index (χ4n) is 1.87. The molecule has 0 unspecified atom stereocenters. The molecule has 3 nitrogen and oxygen atoms in total. The van der Waals surface area contributed by atoms with Crippen molar-refractivity contribution in [2.24, 2.45) is 5.73 Å². The molecule has 1 aliphatic rings. The molecular weight excluding hydrogens is 238 g/mol. The van der Waals surface area contributed by atoms with Gasteiger partial charge in [0, 0.05) is 18.9 Å².